The van der Waals surface area contributed by atoms with E-state index in [1.165, 1.54) is 98.4 Å². The fraction of sp³-hybridized carbons (Fsp3) is 0.0667. The summed E-state index contributed by atoms with van der Waals surface area (Å²) in [6.07, 6.45) is 0. The standard InChI is InChI=1S/C45H30/c1-45(2)41-24-30(34-22-32-18-16-28-10-5-11-29-17-19-33(23-34)44(32)43(28)29)20-21-38(41)40-26-39-31(25-42(40)45)12-7-15-37(39)36-14-6-9-27-8-3-4-13-35(27)36/h3-26H,1-2H3. The van der Waals surface area contributed by atoms with Gasteiger partial charge in [-0.15, -0.1) is 0 Å². The van der Waals surface area contributed by atoms with Gasteiger partial charge in [0, 0.05) is 5.41 Å². The molecule has 0 unspecified atom stereocenters. The number of benzene rings is 9. The normalized spacial score (nSPS) is 13.7. The maximum absolute atomic E-state index is 2.46. The van der Waals surface area contributed by atoms with E-state index in [4.69, 9.17) is 0 Å². The second-order valence-electron chi connectivity index (χ2n) is 13.3. The zero-order valence-corrected chi connectivity index (χ0v) is 25.4. The van der Waals surface area contributed by atoms with E-state index < -0.39 is 0 Å². The third-order valence-corrected chi connectivity index (χ3v) is 10.6. The fourth-order valence-corrected chi connectivity index (χ4v) is 8.30. The molecule has 10 rings (SSSR count). The first-order valence-corrected chi connectivity index (χ1v) is 15.9. The van der Waals surface area contributed by atoms with Crippen molar-refractivity contribution in [1.29, 1.82) is 0 Å². The number of fused-ring (bicyclic) bond motifs is 5. The molecule has 0 nitrogen and oxygen atoms in total. The molecule has 0 fully saturated rings. The summed E-state index contributed by atoms with van der Waals surface area (Å²) in [5.74, 6) is 0. The summed E-state index contributed by atoms with van der Waals surface area (Å²) in [6, 6.07) is 54.7. The van der Waals surface area contributed by atoms with Crippen LogP contribution in [0, 0.1) is 0 Å². The predicted octanol–water partition coefficient (Wildman–Crippen LogP) is 12.5. The van der Waals surface area contributed by atoms with Crippen LogP contribution in [-0.2, 0) is 5.41 Å². The van der Waals surface area contributed by atoms with Gasteiger partial charge in [-0.3, -0.25) is 0 Å². The molecule has 0 atom stereocenters. The van der Waals surface area contributed by atoms with Crippen LogP contribution < -0.4 is 0 Å². The molecule has 0 heteroatoms. The summed E-state index contributed by atoms with van der Waals surface area (Å²) in [5.41, 5.74) is 10.6. The monoisotopic (exact) mass is 570 g/mol. The van der Waals surface area contributed by atoms with E-state index in [1.54, 1.807) is 0 Å². The van der Waals surface area contributed by atoms with Crippen molar-refractivity contribution in [3.63, 3.8) is 0 Å². The molecule has 0 saturated heterocycles. The Morgan fingerprint density at radius 3 is 1.69 bits per heavy atom. The third-order valence-electron chi connectivity index (χ3n) is 10.6. The van der Waals surface area contributed by atoms with Crippen LogP contribution in [0.4, 0.5) is 0 Å². The van der Waals surface area contributed by atoms with E-state index in [-0.39, 0.29) is 5.41 Å². The lowest BCUT2D eigenvalue weighted by Gasteiger charge is -2.23. The summed E-state index contributed by atoms with van der Waals surface area (Å²) in [6.45, 7) is 4.78. The first-order valence-electron chi connectivity index (χ1n) is 15.9. The van der Waals surface area contributed by atoms with E-state index >= 15 is 0 Å². The largest absolute Gasteiger partial charge is 0.0616 e. The van der Waals surface area contributed by atoms with Crippen LogP contribution in [0.2, 0.25) is 0 Å². The van der Waals surface area contributed by atoms with Crippen LogP contribution in [0.5, 0.6) is 0 Å². The van der Waals surface area contributed by atoms with Crippen molar-refractivity contribution >= 4 is 53.9 Å². The van der Waals surface area contributed by atoms with Gasteiger partial charge in [-0.25, -0.2) is 0 Å². The van der Waals surface area contributed by atoms with Crippen molar-refractivity contribution < 1.29 is 0 Å². The quantitative estimate of drug-likeness (QED) is 0.181. The summed E-state index contributed by atoms with van der Waals surface area (Å²) in [7, 11) is 0. The highest BCUT2D eigenvalue weighted by molar-refractivity contribution is 6.23. The van der Waals surface area contributed by atoms with Crippen molar-refractivity contribution in [3.8, 4) is 33.4 Å². The van der Waals surface area contributed by atoms with Crippen molar-refractivity contribution in [3.05, 3.63) is 157 Å². The van der Waals surface area contributed by atoms with Crippen LogP contribution in [0.25, 0.3) is 87.2 Å². The summed E-state index contributed by atoms with van der Waals surface area (Å²) in [4.78, 5) is 0. The first-order chi connectivity index (χ1) is 22.0. The minimum absolute atomic E-state index is 0.0968. The molecule has 0 aromatic heterocycles. The smallest absolute Gasteiger partial charge is 0.0159 e. The summed E-state index contributed by atoms with van der Waals surface area (Å²) in [5, 5.41) is 13.2. The molecular formula is C45H30. The number of hydrogen-bond acceptors (Lipinski definition) is 0. The van der Waals surface area contributed by atoms with Crippen molar-refractivity contribution in [2.75, 3.05) is 0 Å². The fourth-order valence-electron chi connectivity index (χ4n) is 8.30. The van der Waals surface area contributed by atoms with Crippen LogP contribution in [-0.4, -0.2) is 0 Å². The van der Waals surface area contributed by atoms with E-state index in [9.17, 15) is 0 Å². The van der Waals surface area contributed by atoms with Gasteiger partial charge in [-0.05, 0) is 129 Å². The molecule has 0 radical (unpaired) electrons. The molecule has 1 aliphatic carbocycles. The Balaban J connectivity index is 1.15. The number of rotatable bonds is 2. The maximum atomic E-state index is 2.46. The summed E-state index contributed by atoms with van der Waals surface area (Å²) < 4.78 is 0. The van der Waals surface area contributed by atoms with E-state index in [1.807, 2.05) is 0 Å². The maximum Gasteiger partial charge on any atom is 0.0159 e. The molecule has 210 valence electrons. The second-order valence-corrected chi connectivity index (χ2v) is 13.3. The Bertz CT molecular complexity index is 2600. The van der Waals surface area contributed by atoms with Gasteiger partial charge in [0.1, 0.15) is 0 Å². The van der Waals surface area contributed by atoms with Crippen molar-refractivity contribution in [1.82, 2.24) is 0 Å². The minimum Gasteiger partial charge on any atom is -0.0616 e. The average molecular weight is 571 g/mol. The Labute approximate surface area is 262 Å². The Hall–Kier alpha value is -5.46. The molecule has 9 aromatic carbocycles. The first kappa shape index (κ1) is 24.9. The SMILES string of the molecule is CC1(C)c2cc(-c3cc4ccc5cccc6ccc(c3)c4c56)ccc2-c2cc3c(-c4cccc5ccccc45)cccc3cc21. The molecule has 0 saturated carbocycles. The molecule has 0 N–H and O–H groups in total. The molecule has 0 spiro atoms. The lowest BCUT2D eigenvalue weighted by molar-refractivity contribution is 0.661. The highest BCUT2D eigenvalue weighted by Gasteiger charge is 2.36. The Kier molecular flexibility index (Phi) is 4.88. The van der Waals surface area contributed by atoms with Gasteiger partial charge in [-0.1, -0.05) is 129 Å². The predicted molar refractivity (Wildman–Crippen MR) is 194 cm³/mol. The van der Waals surface area contributed by atoms with Gasteiger partial charge < -0.3 is 0 Å². The van der Waals surface area contributed by atoms with E-state index in [0.717, 1.165) is 0 Å². The minimum atomic E-state index is -0.0968. The van der Waals surface area contributed by atoms with Crippen LogP contribution >= 0.6 is 0 Å². The molecule has 0 bridgehead atoms. The van der Waals surface area contributed by atoms with E-state index in [2.05, 4.69) is 159 Å². The molecule has 45 heavy (non-hydrogen) atoms. The third kappa shape index (κ3) is 3.43. The molecule has 0 amide bonds. The van der Waals surface area contributed by atoms with Crippen molar-refractivity contribution in [2.24, 2.45) is 0 Å². The van der Waals surface area contributed by atoms with Crippen LogP contribution in [0.15, 0.2) is 146 Å². The highest BCUT2D eigenvalue weighted by Crippen LogP contribution is 2.52. The second kappa shape index (κ2) is 8.80. The van der Waals surface area contributed by atoms with Gasteiger partial charge in [0.25, 0.3) is 0 Å². The molecular weight excluding hydrogens is 540 g/mol. The molecule has 0 aliphatic heterocycles. The zero-order valence-electron chi connectivity index (χ0n) is 25.4. The number of hydrogen-bond donors (Lipinski definition) is 0. The molecule has 1 aliphatic rings. The van der Waals surface area contributed by atoms with Crippen LogP contribution in [0.1, 0.15) is 25.0 Å². The molecule has 9 aromatic rings. The van der Waals surface area contributed by atoms with Crippen molar-refractivity contribution in [2.45, 2.75) is 19.3 Å². The van der Waals surface area contributed by atoms with Gasteiger partial charge in [0.15, 0.2) is 0 Å². The van der Waals surface area contributed by atoms with Crippen LogP contribution in [0.3, 0.4) is 0 Å². The lowest BCUT2D eigenvalue weighted by atomic mass is 9.80. The van der Waals surface area contributed by atoms with Gasteiger partial charge in [0.05, 0.1) is 0 Å². The summed E-state index contributed by atoms with van der Waals surface area (Å²) >= 11 is 0. The molecule has 0 heterocycles. The van der Waals surface area contributed by atoms with Gasteiger partial charge >= 0.3 is 0 Å². The van der Waals surface area contributed by atoms with Gasteiger partial charge in [0.2, 0.25) is 0 Å². The topological polar surface area (TPSA) is 0 Å². The Morgan fingerprint density at radius 2 is 0.911 bits per heavy atom. The Morgan fingerprint density at radius 1 is 0.333 bits per heavy atom. The lowest BCUT2D eigenvalue weighted by Crippen LogP contribution is -2.15. The average Bonchev–Trinajstić information content (AvgIpc) is 3.30. The highest BCUT2D eigenvalue weighted by atomic mass is 14.4. The van der Waals surface area contributed by atoms with E-state index in [0.29, 0.717) is 0 Å². The van der Waals surface area contributed by atoms with Gasteiger partial charge in [-0.2, -0.15) is 0 Å². The zero-order chi connectivity index (χ0) is 29.9.